The van der Waals surface area contributed by atoms with Crippen molar-refractivity contribution in [1.29, 1.82) is 0 Å². The van der Waals surface area contributed by atoms with E-state index in [-0.39, 0.29) is 6.04 Å². The highest BCUT2D eigenvalue weighted by Crippen LogP contribution is 2.39. The Morgan fingerprint density at radius 1 is 1.08 bits per heavy atom. The molecule has 2 heterocycles. The monoisotopic (exact) mass is 344 g/mol. The Balaban J connectivity index is 1.72. The molecular weight excluding hydrogens is 324 g/mol. The highest BCUT2D eigenvalue weighted by molar-refractivity contribution is 5.77. The second-order valence-electron chi connectivity index (χ2n) is 6.18. The number of hydrogen-bond donors (Lipinski definition) is 1. The number of methoxy groups -OCH3 is 1. The van der Waals surface area contributed by atoms with Crippen LogP contribution in [0.25, 0.3) is 11.3 Å². The van der Waals surface area contributed by atoms with Crippen LogP contribution in [0.4, 0.5) is 11.6 Å². The van der Waals surface area contributed by atoms with E-state index >= 15 is 0 Å². The second kappa shape index (κ2) is 6.52. The molecule has 2 aromatic carbocycles. The number of ether oxygens (including phenoxy) is 1. The number of aromatic nitrogens is 2. The summed E-state index contributed by atoms with van der Waals surface area (Å²) in [5.74, 6) is 3.12. The van der Waals surface area contributed by atoms with Gasteiger partial charge in [-0.2, -0.15) is 0 Å². The molecule has 1 aromatic heterocycles. The maximum atomic E-state index is 5.22. The average Bonchev–Trinajstić information content (AvgIpc) is 3.03. The summed E-state index contributed by atoms with van der Waals surface area (Å²) in [7, 11) is 1.66. The van der Waals surface area contributed by atoms with E-state index in [0.29, 0.717) is 0 Å². The molecule has 0 unspecified atom stereocenters. The standard InChI is InChI=1S/C21H20N4O/c1-14(16-7-5-4-6-8-16)25-15(2)23-20-21(25)24-19(13-22-20)17-9-11-18(26-3)12-10-17/h4-14H,2H2,1,3H3,(H,22,23)/t14-/m1/s1. The average molecular weight is 344 g/mol. The van der Waals surface area contributed by atoms with Gasteiger partial charge in [-0.25, -0.2) is 9.97 Å². The normalized spacial score (nSPS) is 13.9. The predicted octanol–water partition coefficient (Wildman–Crippen LogP) is 4.62. The van der Waals surface area contributed by atoms with Crippen LogP contribution in [0.3, 0.4) is 0 Å². The summed E-state index contributed by atoms with van der Waals surface area (Å²) >= 11 is 0. The van der Waals surface area contributed by atoms with Crippen molar-refractivity contribution in [2.75, 3.05) is 17.3 Å². The number of nitrogens with one attached hydrogen (secondary N) is 1. The van der Waals surface area contributed by atoms with Crippen LogP contribution in [-0.2, 0) is 0 Å². The molecule has 1 atom stereocenters. The van der Waals surface area contributed by atoms with Crippen molar-refractivity contribution in [2.24, 2.45) is 0 Å². The Kier molecular flexibility index (Phi) is 4.05. The lowest BCUT2D eigenvalue weighted by Gasteiger charge is -2.26. The van der Waals surface area contributed by atoms with Crippen LogP contribution in [0, 0.1) is 0 Å². The lowest BCUT2D eigenvalue weighted by atomic mass is 10.1. The van der Waals surface area contributed by atoms with Crippen molar-refractivity contribution in [2.45, 2.75) is 13.0 Å². The number of benzene rings is 2. The first-order valence-corrected chi connectivity index (χ1v) is 8.49. The van der Waals surface area contributed by atoms with Crippen molar-refractivity contribution in [1.82, 2.24) is 9.97 Å². The van der Waals surface area contributed by atoms with Crippen LogP contribution < -0.4 is 15.0 Å². The van der Waals surface area contributed by atoms with E-state index < -0.39 is 0 Å². The topological polar surface area (TPSA) is 50.3 Å². The van der Waals surface area contributed by atoms with Gasteiger partial charge in [-0.05, 0) is 36.8 Å². The molecule has 0 saturated heterocycles. The maximum Gasteiger partial charge on any atom is 0.178 e. The molecule has 0 bridgehead atoms. The zero-order chi connectivity index (χ0) is 18.1. The van der Waals surface area contributed by atoms with Crippen LogP contribution in [-0.4, -0.2) is 17.1 Å². The summed E-state index contributed by atoms with van der Waals surface area (Å²) in [4.78, 5) is 11.5. The first-order chi connectivity index (χ1) is 12.7. The van der Waals surface area contributed by atoms with Crippen molar-refractivity contribution in [3.05, 3.63) is 78.8 Å². The van der Waals surface area contributed by atoms with Crippen molar-refractivity contribution >= 4 is 11.6 Å². The summed E-state index contributed by atoms with van der Waals surface area (Å²) in [6.07, 6.45) is 1.78. The molecule has 0 radical (unpaired) electrons. The number of nitrogens with zero attached hydrogens (tertiary/aromatic N) is 3. The van der Waals surface area contributed by atoms with E-state index in [1.807, 2.05) is 42.5 Å². The fourth-order valence-corrected chi connectivity index (χ4v) is 3.16. The van der Waals surface area contributed by atoms with E-state index in [9.17, 15) is 0 Å². The van der Waals surface area contributed by atoms with Crippen LogP contribution in [0.5, 0.6) is 5.75 Å². The summed E-state index contributed by atoms with van der Waals surface area (Å²) in [6.45, 7) is 6.28. The highest BCUT2D eigenvalue weighted by atomic mass is 16.5. The zero-order valence-corrected chi connectivity index (χ0v) is 14.8. The zero-order valence-electron chi connectivity index (χ0n) is 14.8. The number of fused-ring (bicyclic) bond motifs is 1. The first-order valence-electron chi connectivity index (χ1n) is 8.49. The SMILES string of the molecule is C=C1Nc2ncc(-c3ccc(OC)cc3)nc2N1[C@H](C)c1ccccc1. The minimum atomic E-state index is 0.0952. The summed E-state index contributed by atoms with van der Waals surface area (Å²) in [5, 5.41) is 3.23. The molecular formula is C21H20N4O. The van der Waals surface area contributed by atoms with Crippen molar-refractivity contribution < 1.29 is 4.74 Å². The molecule has 26 heavy (non-hydrogen) atoms. The van der Waals surface area contributed by atoms with Gasteiger partial charge in [-0.1, -0.05) is 36.9 Å². The Labute approximate surface area is 153 Å². The minimum absolute atomic E-state index is 0.0952. The quantitative estimate of drug-likeness (QED) is 0.748. The van der Waals surface area contributed by atoms with Gasteiger partial charge in [0, 0.05) is 5.56 Å². The van der Waals surface area contributed by atoms with Gasteiger partial charge in [0.25, 0.3) is 0 Å². The number of rotatable bonds is 4. The van der Waals surface area contributed by atoms with Crippen molar-refractivity contribution in [3.8, 4) is 17.0 Å². The molecule has 5 heteroatoms. The third kappa shape index (κ3) is 2.77. The Bertz CT molecular complexity index is 938. The number of anilines is 2. The van der Waals surface area contributed by atoms with E-state index in [1.54, 1.807) is 13.3 Å². The van der Waals surface area contributed by atoms with Gasteiger partial charge >= 0.3 is 0 Å². The molecule has 0 fully saturated rings. The summed E-state index contributed by atoms with van der Waals surface area (Å²) < 4.78 is 5.22. The molecule has 1 N–H and O–H groups in total. The maximum absolute atomic E-state index is 5.22. The molecule has 1 aliphatic heterocycles. The van der Waals surface area contributed by atoms with E-state index in [1.165, 1.54) is 5.56 Å². The van der Waals surface area contributed by atoms with Gasteiger partial charge in [0.15, 0.2) is 11.6 Å². The van der Waals surface area contributed by atoms with Gasteiger partial charge in [0.05, 0.1) is 25.0 Å². The second-order valence-corrected chi connectivity index (χ2v) is 6.18. The predicted molar refractivity (Wildman–Crippen MR) is 104 cm³/mol. The van der Waals surface area contributed by atoms with Gasteiger partial charge in [-0.3, -0.25) is 0 Å². The highest BCUT2D eigenvalue weighted by Gasteiger charge is 2.30. The Morgan fingerprint density at radius 3 is 2.50 bits per heavy atom. The molecule has 0 aliphatic carbocycles. The van der Waals surface area contributed by atoms with Crippen LogP contribution in [0.2, 0.25) is 0 Å². The molecule has 1 aliphatic rings. The van der Waals surface area contributed by atoms with Crippen molar-refractivity contribution in [3.63, 3.8) is 0 Å². The lowest BCUT2D eigenvalue weighted by molar-refractivity contribution is 0.415. The van der Waals surface area contributed by atoms with Gasteiger partial charge in [0.1, 0.15) is 11.6 Å². The van der Waals surface area contributed by atoms with Crippen LogP contribution >= 0.6 is 0 Å². The molecule has 0 amide bonds. The van der Waals surface area contributed by atoms with E-state index in [2.05, 4.69) is 40.8 Å². The minimum Gasteiger partial charge on any atom is -0.497 e. The summed E-state index contributed by atoms with van der Waals surface area (Å²) in [5.41, 5.74) is 3.00. The smallest absolute Gasteiger partial charge is 0.178 e. The third-order valence-corrected chi connectivity index (χ3v) is 4.59. The fourth-order valence-electron chi connectivity index (χ4n) is 3.16. The Morgan fingerprint density at radius 2 is 1.81 bits per heavy atom. The number of hydrogen-bond acceptors (Lipinski definition) is 5. The third-order valence-electron chi connectivity index (χ3n) is 4.59. The van der Waals surface area contributed by atoms with E-state index in [0.717, 1.165) is 34.5 Å². The largest absolute Gasteiger partial charge is 0.497 e. The molecule has 130 valence electrons. The molecule has 3 aromatic rings. The van der Waals surface area contributed by atoms with Crippen LogP contribution in [0.15, 0.2) is 73.2 Å². The molecule has 0 saturated carbocycles. The fraction of sp³-hybridized carbons (Fsp3) is 0.143. The molecule has 0 spiro atoms. The lowest BCUT2D eigenvalue weighted by Crippen LogP contribution is -2.24. The van der Waals surface area contributed by atoms with E-state index in [4.69, 9.17) is 9.72 Å². The molecule has 4 rings (SSSR count). The van der Waals surface area contributed by atoms with Crippen LogP contribution in [0.1, 0.15) is 18.5 Å². The molecule has 5 nitrogen and oxygen atoms in total. The Hall–Kier alpha value is -3.34. The van der Waals surface area contributed by atoms with Gasteiger partial charge < -0.3 is 15.0 Å². The first kappa shape index (κ1) is 16.1. The summed E-state index contributed by atoms with van der Waals surface area (Å²) in [6, 6.07) is 18.2. The van der Waals surface area contributed by atoms with Gasteiger partial charge in [0.2, 0.25) is 0 Å². The van der Waals surface area contributed by atoms with Gasteiger partial charge in [-0.15, -0.1) is 0 Å².